The zero-order valence-electron chi connectivity index (χ0n) is 9.46. The number of carboxylic acid groups (broad SMARTS) is 1. The lowest BCUT2D eigenvalue weighted by atomic mass is 10.2. The van der Waals surface area contributed by atoms with Gasteiger partial charge in [-0.25, -0.2) is 9.78 Å². The first-order chi connectivity index (χ1) is 8.65. The summed E-state index contributed by atoms with van der Waals surface area (Å²) in [7, 11) is 0. The summed E-state index contributed by atoms with van der Waals surface area (Å²) in [6.45, 7) is 0. The van der Waals surface area contributed by atoms with E-state index in [-0.39, 0.29) is 5.75 Å². The molecule has 0 atom stereocenters. The maximum absolute atomic E-state index is 11.2. The quantitative estimate of drug-likeness (QED) is 0.890. The smallest absolute Gasteiger partial charge is 0.347 e. The molecule has 2 N–H and O–H groups in total. The molecule has 0 amide bonds. The van der Waals surface area contributed by atoms with Crippen LogP contribution in [0.5, 0.6) is 5.75 Å². The van der Waals surface area contributed by atoms with E-state index in [4.69, 9.17) is 0 Å². The molecule has 1 heterocycles. The van der Waals surface area contributed by atoms with Gasteiger partial charge in [-0.3, -0.25) is 0 Å². The van der Waals surface area contributed by atoms with Crippen LogP contribution in [0.3, 0.4) is 0 Å². The maximum Gasteiger partial charge on any atom is 0.347 e. The number of hydrogen-bond donors (Lipinski definition) is 2. The molecule has 1 fully saturated rings. The summed E-state index contributed by atoms with van der Waals surface area (Å²) >= 11 is 1.18. The van der Waals surface area contributed by atoms with E-state index in [1.54, 1.807) is 18.2 Å². The van der Waals surface area contributed by atoms with E-state index in [1.165, 1.54) is 11.3 Å². The predicted molar refractivity (Wildman–Crippen MR) is 68.1 cm³/mol. The lowest BCUT2D eigenvalue weighted by Crippen LogP contribution is -1.97. The Labute approximate surface area is 108 Å². The Balaban J connectivity index is 2.07. The van der Waals surface area contributed by atoms with Gasteiger partial charge in [0.2, 0.25) is 0 Å². The third-order valence-corrected chi connectivity index (χ3v) is 4.01. The largest absolute Gasteiger partial charge is 0.508 e. The number of thiazole rings is 1. The number of aromatic nitrogens is 1. The van der Waals surface area contributed by atoms with Crippen LogP contribution in [0.25, 0.3) is 10.6 Å². The molecule has 0 bridgehead atoms. The molecule has 92 valence electrons. The molecule has 5 heteroatoms. The molecule has 1 aromatic heterocycles. The maximum atomic E-state index is 11.2. The van der Waals surface area contributed by atoms with Crippen LogP contribution >= 0.6 is 11.3 Å². The molecule has 0 radical (unpaired) electrons. The second kappa shape index (κ2) is 4.10. The van der Waals surface area contributed by atoms with Crippen LogP contribution in [-0.4, -0.2) is 21.2 Å². The molecule has 1 aromatic carbocycles. The molecule has 0 aliphatic heterocycles. The molecular formula is C13H11NO3S. The Bertz CT molecular complexity index is 616. The predicted octanol–water partition coefficient (Wildman–Crippen LogP) is 3.09. The third-order valence-electron chi connectivity index (χ3n) is 2.90. The molecule has 2 aromatic rings. The van der Waals surface area contributed by atoms with E-state index in [0.717, 1.165) is 18.4 Å². The molecule has 18 heavy (non-hydrogen) atoms. The van der Waals surface area contributed by atoms with Gasteiger partial charge in [0, 0.05) is 11.5 Å². The second-order valence-corrected chi connectivity index (χ2v) is 5.36. The summed E-state index contributed by atoms with van der Waals surface area (Å²) in [5.41, 5.74) is 1.46. The van der Waals surface area contributed by atoms with E-state index in [9.17, 15) is 15.0 Å². The van der Waals surface area contributed by atoms with Gasteiger partial charge < -0.3 is 10.2 Å². The standard InChI is InChI=1S/C13H11NO3S/c15-9-3-1-2-8(6-9)12-14-10(7-4-5-7)11(18-12)13(16)17/h1-3,6-7,15H,4-5H2,(H,16,17). The first kappa shape index (κ1) is 11.2. The Morgan fingerprint density at radius 1 is 1.39 bits per heavy atom. The minimum atomic E-state index is -0.916. The molecule has 1 aliphatic carbocycles. The van der Waals surface area contributed by atoms with Gasteiger partial charge >= 0.3 is 5.97 Å². The molecule has 4 nitrogen and oxygen atoms in total. The number of hydrogen-bond acceptors (Lipinski definition) is 4. The van der Waals surface area contributed by atoms with E-state index in [0.29, 0.717) is 21.5 Å². The molecule has 0 spiro atoms. The summed E-state index contributed by atoms with van der Waals surface area (Å²) in [6.07, 6.45) is 2.03. The number of aromatic carboxylic acids is 1. The topological polar surface area (TPSA) is 70.4 Å². The first-order valence-electron chi connectivity index (χ1n) is 5.68. The van der Waals surface area contributed by atoms with Crippen LogP contribution in [0.4, 0.5) is 0 Å². The number of rotatable bonds is 3. The van der Waals surface area contributed by atoms with Crippen LogP contribution in [0.15, 0.2) is 24.3 Å². The Kier molecular flexibility index (Phi) is 2.56. The highest BCUT2D eigenvalue weighted by atomic mass is 32.1. The SMILES string of the molecule is O=C(O)c1sc(-c2cccc(O)c2)nc1C1CC1. The van der Waals surface area contributed by atoms with E-state index in [1.807, 2.05) is 6.07 Å². The van der Waals surface area contributed by atoms with Crippen LogP contribution in [-0.2, 0) is 0 Å². The van der Waals surface area contributed by atoms with Gasteiger partial charge in [-0.15, -0.1) is 11.3 Å². The van der Waals surface area contributed by atoms with Crippen LogP contribution in [0.2, 0.25) is 0 Å². The van der Waals surface area contributed by atoms with Gasteiger partial charge in [-0.2, -0.15) is 0 Å². The fourth-order valence-electron chi connectivity index (χ4n) is 1.88. The normalized spacial score (nSPS) is 14.7. The van der Waals surface area contributed by atoms with Gasteiger partial charge in [0.1, 0.15) is 15.6 Å². The second-order valence-electron chi connectivity index (χ2n) is 4.36. The number of phenols is 1. The van der Waals surface area contributed by atoms with Gasteiger partial charge in [0.05, 0.1) is 5.69 Å². The molecular weight excluding hydrogens is 250 g/mol. The lowest BCUT2D eigenvalue weighted by Gasteiger charge is -1.96. The monoisotopic (exact) mass is 261 g/mol. The van der Waals surface area contributed by atoms with Gasteiger partial charge in [0.25, 0.3) is 0 Å². The molecule has 1 aliphatic rings. The molecule has 0 unspecified atom stereocenters. The van der Waals surface area contributed by atoms with Crippen molar-refractivity contribution in [3.05, 3.63) is 34.8 Å². The summed E-state index contributed by atoms with van der Waals surface area (Å²) in [5.74, 6) is -0.452. The number of carbonyl (C=O) groups is 1. The lowest BCUT2D eigenvalue weighted by molar-refractivity contribution is 0.0700. The van der Waals surface area contributed by atoms with Crippen molar-refractivity contribution in [2.24, 2.45) is 0 Å². The number of benzene rings is 1. The Morgan fingerprint density at radius 3 is 2.78 bits per heavy atom. The van der Waals surface area contributed by atoms with Gasteiger partial charge in [0.15, 0.2) is 0 Å². The molecule has 1 saturated carbocycles. The van der Waals surface area contributed by atoms with Crippen molar-refractivity contribution in [1.82, 2.24) is 4.98 Å². The number of carboxylic acids is 1. The van der Waals surface area contributed by atoms with E-state index < -0.39 is 5.97 Å². The van der Waals surface area contributed by atoms with Gasteiger partial charge in [-0.1, -0.05) is 12.1 Å². The Morgan fingerprint density at radius 2 is 2.17 bits per heavy atom. The van der Waals surface area contributed by atoms with Crippen LogP contribution < -0.4 is 0 Å². The number of phenolic OH excluding ortho intramolecular Hbond substituents is 1. The van der Waals surface area contributed by atoms with Crippen molar-refractivity contribution in [2.75, 3.05) is 0 Å². The highest BCUT2D eigenvalue weighted by molar-refractivity contribution is 7.17. The van der Waals surface area contributed by atoms with Crippen molar-refractivity contribution < 1.29 is 15.0 Å². The minimum Gasteiger partial charge on any atom is -0.508 e. The van der Waals surface area contributed by atoms with Crippen molar-refractivity contribution in [2.45, 2.75) is 18.8 Å². The summed E-state index contributed by atoms with van der Waals surface area (Å²) in [6, 6.07) is 6.72. The highest BCUT2D eigenvalue weighted by Gasteiger charge is 2.32. The Hall–Kier alpha value is -1.88. The van der Waals surface area contributed by atoms with E-state index >= 15 is 0 Å². The third kappa shape index (κ3) is 1.97. The summed E-state index contributed by atoms with van der Waals surface area (Å²) in [4.78, 5) is 15.9. The number of aromatic hydroxyl groups is 1. The van der Waals surface area contributed by atoms with Crippen molar-refractivity contribution >= 4 is 17.3 Å². The fourth-order valence-corrected chi connectivity index (χ4v) is 2.87. The average Bonchev–Trinajstić information content (AvgIpc) is 3.07. The first-order valence-corrected chi connectivity index (χ1v) is 6.50. The highest BCUT2D eigenvalue weighted by Crippen LogP contribution is 2.44. The zero-order chi connectivity index (χ0) is 12.7. The van der Waals surface area contributed by atoms with Crippen molar-refractivity contribution in [3.8, 4) is 16.3 Å². The molecule has 0 saturated heterocycles. The van der Waals surface area contributed by atoms with Crippen LogP contribution in [0.1, 0.15) is 34.1 Å². The van der Waals surface area contributed by atoms with Crippen LogP contribution in [0, 0.1) is 0 Å². The minimum absolute atomic E-state index is 0.160. The van der Waals surface area contributed by atoms with Crippen molar-refractivity contribution in [3.63, 3.8) is 0 Å². The average molecular weight is 261 g/mol. The number of nitrogens with zero attached hydrogens (tertiary/aromatic N) is 1. The van der Waals surface area contributed by atoms with Crippen molar-refractivity contribution in [1.29, 1.82) is 0 Å². The molecule has 3 rings (SSSR count). The fraction of sp³-hybridized carbons (Fsp3) is 0.231. The van der Waals surface area contributed by atoms with E-state index in [2.05, 4.69) is 4.98 Å². The summed E-state index contributed by atoms with van der Waals surface area (Å²) < 4.78 is 0. The van der Waals surface area contributed by atoms with Gasteiger partial charge in [-0.05, 0) is 25.0 Å². The summed E-state index contributed by atoms with van der Waals surface area (Å²) in [5, 5.41) is 19.3. The zero-order valence-corrected chi connectivity index (χ0v) is 10.3.